The molecule has 4 aliphatic rings. The number of methoxy groups -OCH3 is 1. The Hall–Kier alpha value is -2.56. The summed E-state index contributed by atoms with van der Waals surface area (Å²) in [5.41, 5.74) is 2.84. The summed E-state index contributed by atoms with van der Waals surface area (Å²) < 4.78 is 45.3. The molecule has 0 aromatic heterocycles. The summed E-state index contributed by atoms with van der Waals surface area (Å²) in [5, 5.41) is 0. The fourth-order valence-electron chi connectivity index (χ4n) is 5.43. The van der Waals surface area contributed by atoms with Crippen molar-refractivity contribution in [1.82, 2.24) is 0 Å². The molecule has 1 saturated carbocycles. The van der Waals surface area contributed by atoms with Crippen LogP contribution < -0.4 is 4.74 Å². The van der Waals surface area contributed by atoms with Crippen LogP contribution in [0.5, 0.6) is 5.75 Å². The van der Waals surface area contributed by atoms with E-state index in [1.807, 2.05) is 78.9 Å². The van der Waals surface area contributed by atoms with Gasteiger partial charge in [-0.25, -0.2) is 0 Å². The molecule has 0 amide bonds. The van der Waals surface area contributed by atoms with E-state index in [9.17, 15) is 0 Å². The first-order chi connectivity index (χ1) is 19.1. The molecule has 0 spiro atoms. The van der Waals surface area contributed by atoms with Crippen LogP contribution in [0.1, 0.15) is 16.7 Å². The van der Waals surface area contributed by atoms with Crippen LogP contribution in [0.4, 0.5) is 0 Å². The first-order valence-corrected chi connectivity index (χ1v) is 13.8. The van der Waals surface area contributed by atoms with Crippen molar-refractivity contribution in [3.05, 3.63) is 113 Å². The van der Waals surface area contributed by atoms with E-state index < -0.39 is 42.6 Å². The maximum Gasteiger partial charge on any atom is 0.313 e. The van der Waals surface area contributed by atoms with Crippen LogP contribution in [0.25, 0.3) is 0 Å². The van der Waals surface area contributed by atoms with E-state index in [4.69, 9.17) is 33.2 Å². The van der Waals surface area contributed by atoms with Gasteiger partial charge in [-0.2, -0.15) is 0 Å². The van der Waals surface area contributed by atoms with Crippen molar-refractivity contribution >= 4 is 15.9 Å². The molecule has 8 heteroatoms. The van der Waals surface area contributed by atoms with Gasteiger partial charge in [0.05, 0.1) is 26.9 Å². The maximum atomic E-state index is 6.61. The minimum atomic E-state index is -1.35. The lowest BCUT2D eigenvalue weighted by Crippen LogP contribution is -2.78. The summed E-state index contributed by atoms with van der Waals surface area (Å²) in [6.07, 6.45) is -0.919. The van der Waals surface area contributed by atoms with Gasteiger partial charge in [-0.1, -0.05) is 76.6 Å². The minimum Gasteiger partial charge on any atom is -0.497 e. The molecule has 7 nitrogen and oxygen atoms in total. The number of hydrogen-bond donors (Lipinski definition) is 0. The summed E-state index contributed by atoms with van der Waals surface area (Å²) in [7, 11) is 1.65. The van der Waals surface area contributed by atoms with E-state index in [0.717, 1.165) is 26.9 Å². The molecule has 4 bridgehead atoms. The van der Waals surface area contributed by atoms with Crippen molar-refractivity contribution in [1.29, 1.82) is 0 Å². The van der Waals surface area contributed by atoms with Crippen molar-refractivity contribution < 1.29 is 33.2 Å². The minimum absolute atomic E-state index is 0.346. The van der Waals surface area contributed by atoms with E-state index in [2.05, 4.69) is 22.5 Å². The molecule has 39 heavy (non-hydrogen) atoms. The number of rotatable bonds is 11. The molecule has 204 valence electrons. The molecule has 3 aliphatic heterocycles. The van der Waals surface area contributed by atoms with Crippen molar-refractivity contribution in [3.8, 4) is 5.75 Å². The quantitative estimate of drug-likeness (QED) is 0.271. The molecule has 3 heterocycles. The van der Waals surface area contributed by atoms with Crippen molar-refractivity contribution in [3.63, 3.8) is 0 Å². The summed E-state index contributed by atoms with van der Waals surface area (Å²) in [6.45, 7) is 4.93. The van der Waals surface area contributed by atoms with Crippen molar-refractivity contribution in [2.45, 2.75) is 55.8 Å². The van der Waals surface area contributed by atoms with Crippen LogP contribution in [0.3, 0.4) is 0 Å². The van der Waals surface area contributed by atoms with E-state index in [-0.39, 0.29) is 0 Å². The summed E-state index contributed by atoms with van der Waals surface area (Å²) in [6, 6.07) is 25.6. The Kier molecular flexibility index (Phi) is 7.86. The fraction of sp³-hybridized carbons (Fsp3) is 0.355. The highest BCUT2D eigenvalue weighted by molar-refractivity contribution is 9.10. The van der Waals surface area contributed by atoms with Crippen LogP contribution in [0.2, 0.25) is 0 Å². The van der Waals surface area contributed by atoms with Gasteiger partial charge in [-0.3, -0.25) is 0 Å². The van der Waals surface area contributed by atoms with E-state index >= 15 is 0 Å². The first kappa shape index (κ1) is 26.7. The zero-order valence-electron chi connectivity index (χ0n) is 21.6. The third-order valence-electron chi connectivity index (χ3n) is 7.31. The lowest BCUT2D eigenvalue weighted by Gasteiger charge is -2.62. The molecular formula is C31H31BrO7. The normalized spacial score (nSPS) is 30.8. The molecule has 3 aromatic carbocycles. The predicted octanol–water partition coefficient (Wildman–Crippen LogP) is 5.51. The van der Waals surface area contributed by atoms with Crippen LogP contribution in [-0.4, -0.2) is 50.3 Å². The topological polar surface area (TPSA) is 64.6 Å². The number of halogens is 1. The molecule has 7 rings (SSSR count). The van der Waals surface area contributed by atoms with Crippen LogP contribution in [0.15, 0.2) is 96.0 Å². The van der Waals surface area contributed by atoms with Gasteiger partial charge in [0, 0.05) is 10.0 Å². The molecule has 0 radical (unpaired) electrons. The molecule has 0 unspecified atom stereocenters. The van der Waals surface area contributed by atoms with E-state index in [0.29, 0.717) is 19.8 Å². The van der Waals surface area contributed by atoms with Gasteiger partial charge in [0.25, 0.3) is 0 Å². The molecule has 3 saturated heterocycles. The Morgan fingerprint density at radius 3 is 1.77 bits per heavy atom. The van der Waals surface area contributed by atoms with Gasteiger partial charge < -0.3 is 33.2 Å². The van der Waals surface area contributed by atoms with Crippen molar-refractivity contribution in [2.24, 2.45) is 0 Å². The Morgan fingerprint density at radius 2 is 1.26 bits per heavy atom. The monoisotopic (exact) mass is 594 g/mol. The largest absolute Gasteiger partial charge is 0.497 e. The zero-order valence-corrected chi connectivity index (χ0v) is 23.2. The molecule has 1 aliphatic carbocycles. The SMILES string of the molecule is C=CCO[C@H]1[C@H]2O[C@]3(c4ccccc4)O[C@H]([C@H]2OCc2ccc(OC)cc2)[C@@H](OCc2ccc(Br)cc2)[C@H]1O3. The number of ether oxygens (including phenoxy) is 7. The lowest BCUT2D eigenvalue weighted by atomic mass is 9.80. The molecule has 0 N–H and O–H groups in total. The molecule has 4 fully saturated rings. The van der Waals surface area contributed by atoms with Gasteiger partial charge >= 0.3 is 5.97 Å². The molecule has 7 atom stereocenters. The highest BCUT2D eigenvalue weighted by Gasteiger charge is 2.69. The zero-order chi connectivity index (χ0) is 26.8. The van der Waals surface area contributed by atoms with Gasteiger partial charge in [0.15, 0.2) is 0 Å². The van der Waals surface area contributed by atoms with E-state index in [1.54, 1.807) is 13.2 Å². The Labute approximate surface area is 236 Å². The lowest BCUT2D eigenvalue weighted by molar-refractivity contribution is -0.553. The second-order valence-electron chi connectivity index (χ2n) is 9.78. The van der Waals surface area contributed by atoms with Crippen LogP contribution in [0, 0.1) is 0 Å². The van der Waals surface area contributed by atoms with E-state index in [1.165, 1.54) is 0 Å². The summed E-state index contributed by atoms with van der Waals surface area (Å²) >= 11 is 3.49. The first-order valence-electron chi connectivity index (χ1n) is 13.0. The van der Waals surface area contributed by atoms with Crippen molar-refractivity contribution in [2.75, 3.05) is 13.7 Å². The highest BCUT2D eigenvalue weighted by Crippen LogP contribution is 2.52. The average molecular weight is 595 g/mol. The summed E-state index contributed by atoms with van der Waals surface area (Å²) in [4.78, 5) is 0. The molecular weight excluding hydrogens is 564 g/mol. The third-order valence-corrected chi connectivity index (χ3v) is 7.84. The fourth-order valence-corrected chi connectivity index (χ4v) is 5.69. The van der Waals surface area contributed by atoms with Crippen LogP contribution >= 0.6 is 15.9 Å². The second kappa shape index (κ2) is 11.5. The van der Waals surface area contributed by atoms with Gasteiger partial charge in [0.1, 0.15) is 42.4 Å². The third kappa shape index (κ3) is 5.30. The van der Waals surface area contributed by atoms with Gasteiger partial charge in [-0.15, -0.1) is 6.58 Å². The Balaban J connectivity index is 1.30. The summed E-state index contributed by atoms with van der Waals surface area (Å²) in [5.74, 6) is -0.562. The van der Waals surface area contributed by atoms with Gasteiger partial charge in [0.2, 0.25) is 0 Å². The van der Waals surface area contributed by atoms with Crippen LogP contribution in [-0.2, 0) is 47.6 Å². The second-order valence-corrected chi connectivity index (χ2v) is 10.7. The number of hydrogen-bond acceptors (Lipinski definition) is 7. The predicted molar refractivity (Wildman–Crippen MR) is 147 cm³/mol. The number of benzene rings is 3. The standard InChI is InChI=1S/C31H31BrO7/c1-3-17-34-25-28-26(35-18-20-9-13-23(32)14-10-20)30-27(36-19-21-11-15-24(33-2)16-12-21)29(25)38-31(37-28,39-30)22-7-5-4-6-8-22/h3-16,25-30H,1,17-19H2,2H3/t25-,26+,27+,28+,29-,30+,31-/m1/s1. The Morgan fingerprint density at radius 1 is 0.744 bits per heavy atom. The maximum absolute atomic E-state index is 6.61. The smallest absolute Gasteiger partial charge is 0.313 e. The van der Waals surface area contributed by atoms with Gasteiger partial charge in [-0.05, 0) is 35.4 Å². The molecule has 3 aromatic rings. The highest BCUT2D eigenvalue weighted by atomic mass is 79.9. The average Bonchev–Trinajstić information content (AvgIpc) is 2.98. The Bertz CT molecular complexity index is 1250.